The van der Waals surface area contributed by atoms with E-state index in [-0.39, 0.29) is 5.91 Å². The standard InChI is InChI=1S/C24H22N2OS2/c1-16-9-11-21(12-10-16)26-17(2)13-20(18(26)3)14-22-23(27)25(24(28)29-22)15-19-7-5-4-6-8-19/h4-14H,15H2,1-3H3. The van der Waals surface area contributed by atoms with E-state index < -0.39 is 0 Å². The molecule has 0 radical (unpaired) electrons. The third kappa shape index (κ3) is 3.93. The van der Waals surface area contributed by atoms with Gasteiger partial charge in [-0.05, 0) is 56.2 Å². The molecule has 29 heavy (non-hydrogen) atoms. The summed E-state index contributed by atoms with van der Waals surface area (Å²) >= 11 is 6.86. The summed E-state index contributed by atoms with van der Waals surface area (Å²) < 4.78 is 2.83. The van der Waals surface area contributed by atoms with E-state index in [9.17, 15) is 4.79 Å². The summed E-state index contributed by atoms with van der Waals surface area (Å²) in [5.41, 5.74) is 6.73. The first-order valence-electron chi connectivity index (χ1n) is 9.49. The van der Waals surface area contributed by atoms with Gasteiger partial charge in [-0.3, -0.25) is 9.69 Å². The first-order chi connectivity index (χ1) is 13.9. The zero-order chi connectivity index (χ0) is 20.5. The van der Waals surface area contributed by atoms with Gasteiger partial charge in [0.1, 0.15) is 4.32 Å². The minimum Gasteiger partial charge on any atom is -0.318 e. The number of hydrogen-bond acceptors (Lipinski definition) is 3. The molecule has 2 aromatic carbocycles. The van der Waals surface area contributed by atoms with Crippen molar-refractivity contribution in [1.82, 2.24) is 9.47 Å². The molecule has 1 aliphatic rings. The van der Waals surface area contributed by atoms with Gasteiger partial charge in [0.05, 0.1) is 11.4 Å². The van der Waals surface area contributed by atoms with Gasteiger partial charge in [0.15, 0.2) is 0 Å². The number of aryl methyl sites for hydroxylation is 2. The number of aromatic nitrogens is 1. The van der Waals surface area contributed by atoms with E-state index in [1.165, 1.54) is 17.3 Å². The molecule has 0 bridgehead atoms. The number of carbonyl (C=O) groups excluding carboxylic acids is 1. The van der Waals surface area contributed by atoms with Crippen LogP contribution in [0.4, 0.5) is 0 Å². The molecule has 1 saturated heterocycles. The molecule has 0 aliphatic carbocycles. The molecule has 3 aromatic rings. The first kappa shape index (κ1) is 19.7. The SMILES string of the molecule is Cc1ccc(-n2c(C)cc(C=C3SC(=S)N(Cc4ccccc4)C3=O)c2C)cc1. The number of nitrogens with zero attached hydrogens (tertiary/aromatic N) is 2. The fourth-order valence-electron chi connectivity index (χ4n) is 3.57. The quantitative estimate of drug-likeness (QED) is 0.395. The summed E-state index contributed by atoms with van der Waals surface area (Å²) in [6.45, 7) is 6.77. The zero-order valence-electron chi connectivity index (χ0n) is 16.7. The number of amides is 1. The summed E-state index contributed by atoms with van der Waals surface area (Å²) in [5, 5.41) is 0. The van der Waals surface area contributed by atoms with Crippen molar-refractivity contribution in [3.8, 4) is 5.69 Å². The highest BCUT2D eigenvalue weighted by molar-refractivity contribution is 8.26. The van der Waals surface area contributed by atoms with Crippen LogP contribution in [0.2, 0.25) is 0 Å². The van der Waals surface area contributed by atoms with E-state index in [4.69, 9.17) is 12.2 Å². The van der Waals surface area contributed by atoms with E-state index in [0.717, 1.165) is 28.2 Å². The maximum atomic E-state index is 13.0. The number of benzene rings is 2. The Morgan fingerprint density at radius 2 is 1.69 bits per heavy atom. The van der Waals surface area contributed by atoms with Crippen molar-refractivity contribution in [2.75, 3.05) is 0 Å². The van der Waals surface area contributed by atoms with Crippen LogP contribution in [-0.4, -0.2) is 19.7 Å². The van der Waals surface area contributed by atoms with Crippen molar-refractivity contribution >= 4 is 40.3 Å². The highest BCUT2D eigenvalue weighted by atomic mass is 32.2. The van der Waals surface area contributed by atoms with E-state index in [0.29, 0.717) is 15.8 Å². The van der Waals surface area contributed by atoms with Gasteiger partial charge in [-0.25, -0.2) is 0 Å². The van der Waals surface area contributed by atoms with Gasteiger partial charge in [0, 0.05) is 17.1 Å². The number of thiocarbonyl (C=S) groups is 1. The largest absolute Gasteiger partial charge is 0.318 e. The van der Waals surface area contributed by atoms with Crippen LogP contribution in [0.25, 0.3) is 11.8 Å². The van der Waals surface area contributed by atoms with E-state index in [1.54, 1.807) is 4.90 Å². The molecule has 1 fully saturated rings. The minimum atomic E-state index is -0.0241. The molecule has 0 N–H and O–H groups in total. The number of thioether (sulfide) groups is 1. The molecule has 0 saturated carbocycles. The summed E-state index contributed by atoms with van der Waals surface area (Å²) in [6, 6.07) is 20.5. The second kappa shape index (κ2) is 8.01. The predicted molar refractivity (Wildman–Crippen MR) is 125 cm³/mol. The molecule has 2 heterocycles. The van der Waals surface area contributed by atoms with E-state index in [2.05, 4.69) is 55.7 Å². The van der Waals surface area contributed by atoms with Crippen molar-refractivity contribution in [2.24, 2.45) is 0 Å². The lowest BCUT2D eigenvalue weighted by atomic mass is 10.2. The Hall–Kier alpha value is -2.63. The normalized spacial score (nSPS) is 15.6. The minimum absolute atomic E-state index is 0.0241. The summed E-state index contributed by atoms with van der Waals surface area (Å²) in [7, 11) is 0. The Morgan fingerprint density at radius 1 is 1.00 bits per heavy atom. The Bertz CT molecular complexity index is 1110. The second-order valence-electron chi connectivity index (χ2n) is 7.25. The Balaban J connectivity index is 1.63. The highest BCUT2D eigenvalue weighted by Gasteiger charge is 2.32. The van der Waals surface area contributed by atoms with Crippen molar-refractivity contribution in [2.45, 2.75) is 27.3 Å². The Morgan fingerprint density at radius 3 is 2.38 bits per heavy atom. The summed E-state index contributed by atoms with van der Waals surface area (Å²) in [4.78, 5) is 15.3. The maximum absolute atomic E-state index is 13.0. The second-order valence-corrected chi connectivity index (χ2v) is 8.93. The van der Waals surface area contributed by atoms with Crippen LogP contribution in [-0.2, 0) is 11.3 Å². The van der Waals surface area contributed by atoms with Gasteiger partial charge in [0.25, 0.3) is 5.91 Å². The molecule has 1 amide bonds. The predicted octanol–water partition coefficient (Wildman–Crippen LogP) is 5.80. The van der Waals surface area contributed by atoms with Crippen molar-refractivity contribution < 1.29 is 4.79 Å². The lowest BCUT2D eigenvalue weighted by Crippen LogP contribution is -2.27. The van der Waals surface area contributed by atoms with E-state index >= 15 is 0 Å². The molecule has 146 valence electrons. The molecule has 1 aromatic heterocycles. The number of rotatable bonds is 4. The molecular weight excluding hydrogens is 396 g/mol. The van der Waals surface area contributed by atoms with Crippen LogP contribution in [0, 0.1) is 20.8 Å². The molecule has 1 aliphatic heterocycles. The average Bonchev–Trinajstić information content (AvgIpc) is 3.13. The maximum Gasteiger partial charge on any atom is 0.266 e. The van der Waals surface area contributed by atoms with Crippen LogP contribution in [0.3, 0.4) is 0 Å². The molecular formula is C24H22N2OS2. The Kier molecular flexibility index (Phi) is 5.43. The molecule has 0 atom stereocenters. The summed E-state index contributed by atoms with van der Waals surface area (Å²) in [5.74, 6) is -0.0241. The fourth-order valence-corrected chi connectivity index (χ4v) is 4.81. The van der Waals surface area contributed by atoms with Crippen molar-refractivity contribution in [3.05, 3.63) is 93.6 Å². The van der Waals surface area contributed by atoms with Crippen LogP contribution in [0.1, 0.15) is 28.1 Å². The van der Waals surface area contributed by atoms with Gasteiger partial charge in [-0.2, -0.15) is 0 Å². The van der Waals surface area contributed by atoms with E-state index in [1.807, 2.05) is 36.4 Å². The molecule has 0 unspecified atom stereocenters. The van der Waals surface area contributed by atoms with Crippen molar-refractivity contribution in [1.29, 1.82) is 0 Å². The highest BCUT2D eigenvalue weighted by Crippen LogP contribution is 2.35. The molecule has 3 nitrogen and oxygen atoms in total. The van der Waals surface area contributed by atoms with Crippen LogP contribution < -0.4 is 0 Å². The third-order valence-corrected chi connectivity index (χ3v) is 6.48. The topological polar surface area (TPSA) is 25.2 Å². The van der Waals surface area contributed by atoms with Gasteiger partial charge in [-0.15, -0.1) is 0 Å². The monoisotopic (exact) mass is 418 g/mol. The van der Waals surface area contributed by atoms with Gasteiger partial charge in [0.2, 0.25) is 0 Å². The smallest absolute Gasteiger partial charge is 0.266 e. The average molecular weight is 419 g/mol. The number of carbonyl (C=O) groups is 1. The van der Waals surface area contributed by atoms with Crippen LogP contribution >= 0.6 is 24.0 Å². The lowest BCUT2D eigenvalue weighted by molar-refractivity contribution is -0.122. The number of hydrogen-bond donors (Lipinski definition) is 0. The molecule has 4 rings (SSSR count). The summed E-state index contributed by atoms with van der Waals surface area (Å²) in [6.07, 6.45) is 1.97. The van der Waals surface area contributed by atoms with Crippen molar-refractivity contribution in [3.63, 3.8) is 0 Å². The van der Waals surface area contributed by atoms with Gasteiger partial charge < -0.3 is 4.57 Å². The molecule has 0 spiro atoms. The van der Waals surface area contributed by atoms with Crippen LogP contribution in [0.5, 0.6) is 0 Å². The van der Waals surface area contributed by atoms with Gasteiger partial charge in [-0.1, -0.05) is 72.0 Å². The molecule has 5 heteroatoms. The third-order valence-electron chi connectivity index (χ3n) is 5.11. The Labute approximate surface area is 181 Å². The lowest BCUT2D eigenvalue weighted by Gasteiger charge is -2.14. The fraction of sp³-hybridized carbons (Fsp3) is 0.167. The zero-order valence-corrected chi connectivity index (χ0v) is 18.3. The van der Waals surface area contributed by atoms with Crippen LogP contribution in [0.15, 0.2) is 65.6 Å². The first-order valence-corrected chi connectivity index (χ1v) is 10.7. The van der Waals surface area contributed by atoms with Gasteiger partial charge >= 0.3 is 0 Å².